The van der Waals surface area contributed by atoms with Gasteiger partial charge in [-0.3, -0.25) is 10.2 Å². The standard InChI is InChI=1S/C24H23FN4O3S/c1-3-5-21-28-29-22(26)18(23(30)27-24(29)33-21)12-16-8-11-19(20(13-16)31-4-2)32-14-15-6-9-17(25)10-7-15/h6-13,26H,3-5,14H2,1-2H3/b18-12-,26-22?. The van der Waals surface area contributed by atoms with E-state index < -0.39 is 5.91 Å². The first kappa shape index (κ1) is 22.7. The van der Waals surface area contributed by atoms with Gasteiger partial charge in [-0.1, -0.05) is 25.1 Å². The number of rotatable bonds is 8. The van der Waals surface area contributed by atoms with Crippen molar-refractivity contribution in [3.8, 4) is 11.5 Å². The first-order valence-corrected chi connectivity index (χ1v) is 11.4. The Hall–Kier alpha value is -3.46. The Balaban J connectivity index is 1.56. The van der Waals surface area contributed by atoms with Crippen LogP contribution in [0.2, 0.25) is 0 Å². The fourth-order valence-electron chi connectivity index (χ4n) is 3.26. The Morgan fingerprint density at radius 2 is 1.91 bits per heavy atom. The molecule has 0 aromatic heterocycles. The highest BCUT2D eigenvalue weighted by Crippen LogP contribution is 2.32. The van der Waals surface area contributed by atoms with E-state index in [4.69, 9.17) is 14.9 Å². The third-order valence-corrected chi connectivity index (χ3v) is 5.81. The molecule has 4 rings (SSSR count). The van der Waals surface area contributed by atoms with Gasteiger partial charge in [0.15, 0.2) is 17.3 Å². The minimum absolute atomic E-state index is 0.00167. The second-order valence-electron chi connectivity index (χ2n) is 7.32. The van der Waals surface area contributed by atoms with Gasteiger partial charge in [-0.15, -0.1) is 0 Å². The number of nitrogens with one attached hydrogen (secondary N) is 1. The molecule has 2 aliphatic rings. The van der Waals surface area contributed by atoms with Gasteiger partial charge >= 0.3 is 0 Å². The zero-order valence-corrected chi connectivity index (χ0v) is 19.1. The van der Waals surface area contributed by atoms with Crippen molar-refractivity contribution in [2.45, 2.75) is 33.3 Å². The quantitative estimate of drug-likeness (QED) is 0.539. The molecule has 170 valence electrons. The lowest BCUT2D eigenvalue weighted by atomic mass is 10.1. The van der Waals surface area contributed by atoms with Gasteiger partial charge in [0, 0.05) is 0 Å². The maximum absolute atomic E-state index is 13.1. The summed E-state index contributed by atoms with van der Waals surface area (Å²) in [5, 5.41) is 15.6. The Bertz CT molecular complexity index is 1170. The van der Waals surface area contributed by atoms with E-state index in [2.05, 4.69) is 10.1 Å². The van der Waals surface area contributed by atoms with Gasteiger partial charge in [0.25, 0.3) is 5.91 Å². The number of thioether (sulfide) groups is 1. The fourth-order valence-corrected chi connectivity index (χ4v) is 4.24. The number of benzene rings is 2. The van der Waals surface area contributed by atoms with Crippen molar-refractivity contribution in [3.05, 3.63) is 65.0 Å². The molecule has 0 bridgehead atoms. The second kappa shape index (κ2) is 9.99. The lowest BCUT2D eigenvalue weighted by Crippen LogP contribution is -2.35. The summed E-state index contributed by atoms with van der Waals surface area (Å²) in [7, 11) is 0. The van der Waals surface area contributed by atoms with Crippen LogP contribution in [0.5, 0.6) is 11.5 Å². The maximum Gasteiger partial charge on any atom is 0.283 e. The summed E-state index contributed by atoms with van der Waals surface area (Å²) in [6, 6.07) is 11.4. The lowest BCUT2D eigenvalue weighted by molar-refractivity contribution is -0.114. The normalized spacial score (nSPS) is 16.6. The van der Waals surface area contributed by atoms with E-state index in [-0.39, 0.29) is 23.8 Å². The van der Waals surface area contributed by atoms with Crippen molar-refractivity contribution in [3.63, 3.8) is 0 Å². The summed E-state index contributed by atoms with van der Waals surface area (Å²) in [5.74, 6) is 0.260. The summed E-state index contributed by atoms with van der Waals surface area (Å²) < 4.78 is 24.7. The molecule has 0 fully saturated rings. The first-order chi connectivity index (χ1) is 16.0. The summed E-state index contributed by atoms with van der Waals surface area (Å²) in [4.78, 5) is 16.7. The van der Waals surface area contributed by atoms with Crippen LogP contribution in [0.3, 0.4) is 0 Å². The summed E-state index contributed by atoms with van der Waals surface area (Å²) in [6.07, 6.45) is 3.31. The van der Waals surface area contributed by atoms with E-state index in [1.807, 2.05) is 13.8 Å². The number of amides is 1. The Morgan fingerprint density at radius 1 is 1.12 bits per heavy atom. The SMILES string of the molecule is CCCC1=NN2C(=N)/C(=C/c3ccc(OCc4ccc(F)cc4)c(OCC)c3)C(=O)N=C2S1. The molecular formula is C24H23FN4O3S. The number of aliphatic imine (C=N–C) groups is 1. The predicted octanol–water partition coefficient (Wildman–Crippen LogP) is 5.22. The fraction of sp³-hybridized carbons (Fsp3) is 0.250. The van der Waals surface area contributed by atoms with Crippen molar-refractivity contribution >= 4 is 39.8 Å². The molecule has 0 spiro atoms. The monoisotopic (exact) mass is 466 g/mol. The molecule has 1 N–H and O–H groups in total. The highest BCUT2D eigenvalue weighted by atomic mass is 32.2. The number of carbonyl (C=O) groups is 1. The van der Waals surface area contributed by atoms with Crippen LogP contribution in [0.1, 0.15) is 37.8 Å². The number of halogens is 1. The van der Waals surface area contributed by atoms with Crippen molar-refractivity contribution < 1.29 is 18.7 Å². The molecule has 0 saturated heterocycles. The van der Waals surface area contributed by atoms with Crippen LogP contribution in [0.15, 0.2) is 58.1 Å². The molecule has 2 aliphatic heterocycles. The Labute approximate surface area is 195 Å². The molecule has 7 nitrogen and oxygen atoms in total. The van der Waals surface area contributed by atoms with E-state index in [1.165, 1.54) is 28.9 Å². The number of amidine groups is 2. The summed E-state index contributed by atoms with van der Waals surface area (Å²) in [6.45, 7) is 4.59. The van der Waals surface area contributed by atoms with Gasteiger partial charge in [-0.25, -0.2) is 4.39 Å². The molecule has 2 aromatic carbocycles. The number of hydrogen-bond acceptors (Lipinski definition) is 6. The number of hydrazone groups is 1. The second-order valence-corrected chi connectivity index (χ2v) is 8.36. The third-order valence-electron chi connectivity index (χ3n) is 4.85. The van der Waals surface area contributed by atoms with Crippen LogP contribution in [-0.2, 0) is 11.4 Å². The molecule has 0 unspecified atom stereocenters. The number of carbonyl (C=O) groups excluding carboxylic acids is 1. The first-order valence-electron chi connectivity index (χ1n) is 10.6. The number of nitrogens with zero attached hydrogens (tertiary/aromatic N) is 3. The lowest BCUT2D eigenvalue weighted by Gasteiger charge is -2.20. The highest BCUT2D eigenvalue weighted by molar-refractivity contribution is 8.26. The van der Waals surface area contributed by atoms with Gasteiger partial charge in [0.2, 0.25) is 5.17 Å². The zero-order valence-electron chi connectivity index (χ0n) is 18.3. The van der Waals surface area contributed by atoms with E-state index in [9.17, 15) is 9.18 Å². The van der Waals surface area contributed by atoms with Crippen LogP contribution in [0, 0.1) is 11.2 Å². The molecular weight excluding hydrogens is 443 g/mol. The van der Waals surface area contributed by atoms with Crippen molar-refractivity contribution in [1.82, 2.24) is 5.01 Å². The van der Waals surface area contributed by atoms with Gasteiger partial charge in [-0.05, 0) is 73.0 Å². The van der Waals surface area contributed by atoms with E-state index >= 15 is 0 Å². The van der Waals surface area contributed by atoms with Gasteiger partial charge in [-0.2, -0.15) is 15.1 Å². The highest BCUT2D eigenvalue weighted by Gasteiger charge is 2.35. The van der Waals surface area contributed by atoms with E-state index in [1.54, 1.807) is 36.4 Å². The van der Waals surface area contributed by atoms with Gasteiger partial charge in [0.1, 0.15) is 17.5 Å². The van der Waals surface area contributed by atoms with Crippen molar-refractivity contribution in [2.75, 3.05) is 6.61 Å². The molecule has 0 radical (unpaired) electrons. The van der Waals surface area contributed by atoms with Crippen LogP contribution in [0.4, 0.5) is 4.39 Å². The minimum atomic E-state index is -0.471. The van der Waals surface area contributed by atoms with Crippen LogP contribution >= 0.6 is 11.8 Å². The Kier molecular flexibility index (Phi) is 6.88. The molecule has 2 heterocycles. The smallest absolute Gasteiger partial charge is 0.283 e. The Morgan fingerprint density at radius 3 is 2.64 bits per heavy atom. The van der Waals surface area contributed by atoms with E-state index in [0.29, 0.717) is 28.8 Å². The number of fused-ring (bicyclic) bond motifs is 1. The third kappa shape index (κ3) is 5.14. The minimum Gasteiger partial charge on any atom is -0.490 e. The molecule has 33 heavy (non-hydrogen) atoms. The molecule has 0 aliphatic carbocycles. The molecule has 0 saturated carbocycles. The largest absolute Gasteiger partial charge is 0.490 e. The topological polar surface area (TPSA) is 87.3 Å². The average Bonchev–Trinajstić information content (AvgIpc) is 3.20. The van der Waals surface area contributed by atoms with Crippen molar-refractivity contribution in [1.29, 1.82) is 5.41 Å². The zero-order chi connectivity index (χ0) is 23.4. The van der Waals surface area contributed by atoms with Crippen LogP contribution in [-0.4, -0.2) is 33.6 Å². The number of ether oxygens (including phenoxy) is 2. The summed E-state index contributed by atoms with van der Waals surface area (Å²) >= 11 is 1.33. The average molecular weight is 467 g/mol. The maximum atomic E-state index is 13.1. The molecule has 0 atom stereocenters. The molecule has 1 amide bonds. The van der Waals surface area contributed by atoms with Crippen LogP contribution in [0.25, 0.3) is 6.08 Å². The van der Waals surface area contributed by atoms with Gasteiger partial charge in [0.05, 0.1) is 12.2 Å². The van der Waals surface area contributed by atoms with Crippen molar-refractivity contribution in [2.24, 2.45) is 10.1 Å². The van der Waals surface area contributed by atoms with Crippen LogP contribution < -0.4 is 9.47 Å². The molecule has 2 aromatic rings. The molecule has 9 heteroatoms. The number of hydrogen-bond donors (Lipinski definition) is 1. The van der Waals surface area contributed by atoms with E-state index in [0.717, 1.165) is 23.4 Å². The summed E-state index contributed by atoms with van der Waals surface area (Å²) in [5.41, 5.74) is 1.65. The predicted molar refractivity (Wildman–Crippen MR) is 128 cm³/mol. The van der Waals surface area contributed by atoms with Gasteiger partial charge < -0.3 is 9.47 Å².